The zero-order valence-corrected chi connectivity index (χ0v) is 8.85. The number of benzene rings is 1. The lowest BCUT2D eigenvalue weighted by Crippen LogP contribution is -2.00. The molecule has 1 aromatic heterocycles. The van der Waals surface area contributed by atoms with Gasteiger partial charge in [0.1, 0.15) is 5.82 Å². The van der Waals surface area contributed by atoms with E-state index in [1.54, 1.807) is 0 Å². The van der Waals surface area contributed by atoms with Gasteiger partial charge in [0.05, 0.1) is 5.69 Å². The fourth-order valence-corrected chi connectivity index (χ4v) is 1.61. The van der Waals surface area contributed by atoms with E-state index in [4.69, 9.17) is 5.73 Å². The fourth-order valence-electron chi connectivity index (χ4n) is 1.61. The number of rotatable bonds is 3. The third-order valence-corrected chi connectivity index (χ3v) is 2.43. The normalized spacial score (nSPS) is 10.5. The van der Waals surface area contributed by atoms with Crippen LogP contribution in [-0.4, -0.2) is 9.55 Å². The molecule has 15 heavy (non-hydrogen) atoms. The van der Waals surface area contributed by atoms with E-state index in [0.29, 0.717) is 6.54 Å². The van der Waals surface area contributed by atoms with Gasteiger partial charge in [-0.25, -0.2) is 4.98 Å². The van der Waals surface area contributed by atoms with E-state index in [0.717, 1.165) is 18.1 Å². The highest BCUT2D eigenvalue weighted by molar-refractivity contribution is 5.16. The zero-order valence-electron chi connectivity index (χ0n) is 8.85. The summed E-state index contributed by atoms with van der Waals surface area (Å²) in [6.07, 6.45) is 2.02. The average molecular weight is 201 g/mol. The Morgan fingerprint density at radius 1 is 1.27 bits per heavy atom. The highest BCUT2D eigenvalue weighted by Crippen LogP contribution is 2.07. The Labute approximate surface area is 89.6 Å². The van der Waals surface area contributed by atoms with E-state index in [-0.39, 0.29) is 0 Å². The maximum Gasteiger partial charge on any atom is 0.106 e. The van der Waals surface area contributed by atoms with Crippen LogP contribution in [0.2, 0.25) is 0 Å². The molecule has 0 fully saturated rings. The number of hydrogen-bond acceptors (Lipinski definition) is 2. The smallest absolute Gasteiger partial charge is 0.106 e. The summed E-state index contributed by atoms with van der Waals surface area (Å²) in [5.74, 6) is 1.01. The number of aromatic nitrogens is 2. The van der Waals surface area contributed by atoms with Gasteiger partial charge >= 0.3 is 0 Å². The molecule has 2 rings (SSSR count). The number of hydrogen-bond donors (Lipinski definition) is 1. The molecule has 2 N–H and O–H groups in total. The standard InChI is InChI=1S/C12H15N3/c1-10-14-12(7-13)9-15(10)8-11-5-3-2-4-6-11/h2-6,9H,7-8,13H2,1H3. The molecule has 0 bridgehead atoms. The maximum atomic E-state index is 5.55. The van der Waals surface area contributed by atoms with Gasteiger partial charge in [-0.2, -0.15) is 0 Å². The molecule has 3 heteroatoms. The first-order valence-electron chi connectivity index (χ1n) is 5.06. The molecule has 0 saturated heterocycles. The van der Waals surface area contributed by atoms with Crippen molar-refractivity contribution in [3.63, 3.8) is 0 Å². The minimum absolute atomic E-state index is 0.503. The maximum absolute atomic E-state index is 5.55. The van der Waals surface area contributed by atoms with Gasteiger partial charge in [0.25, 0.3) is 0 Å². The van der Waals surface area contributed by atoms with Crippen molar-refractivity contribution in [2.45, 2.75) is 20.0 Å². The first-order chi connectivity index (χ1) is 7.29. The lowest BCUT2D eigenvalue weighted by atomic mass is 10.2. The highest BCUT2D eigenvalue weighted by atomic mass is 15.1. The molecule has 0 amide bonds. The Morgan fingerprint density at radius 3 is 2.60 bits per heavy atom. The summed E-state index contributed by atoms with van der Waals surface area (Å²) in [5.41, 5.74) is 7.78. The van der Waals surface area contributed by atoms with Crippen molar-refractivity contribution in [2.24, 2.45) is 5.73 Å². The van der Waals surface area contributed by atoms with Crippen LogP contribution >= 0.6 is 0 Å². The Hall–Kier alpha value is -1.61. The van der Waals surface area contributed by atoms with Crippen LogP contribution in [0.4, 0.5) is 0 Å². The molecule has 0 aliphatic carbocycles. The zero-order chi connectivity index (χ0) is 10.7. The van der Waals surface area contributed by atoms with Crippen LogP contribution in [0, 0.1) is 6.92 Å². The molecule has 0 spiro atoms. The van der Waals surface area contributed by atoms with Crippen LogP contribution in [0.15, 0.2) is 36.5 Å². The molecule has 1 aromatic carbocycles. The molecule has 0 radical (unpaired) electrons. The van der Waals surface area contributed by atoms with Crippen molar-refractivity contribution in [3.8, 4) is 0 Å². The molecule has 2 aromatic rings. The van der Waals surface area contributed by atoms with Gasteiger partial charge in [0.15, 0.2) is 0 Å². The van der Waals surface area contributed by atoms with Gasteiger partial charge in [-0.05, 0) is 12.5 Å². The summed E-state index contributed by atoms with van der Waals surface area (Å²) in [4.78, 5) is 4.36. The van der Waals surface area contributed by atoms with Crippen LogP contribution in [0.25, 0.3) is 0 Å². The van der Waals surface area contributed by atoms with E-state index < -0.39 is 0 Å². The molecule has 3 nitrogen and oxygen atoms in total. The molecule has 0 unspecified atom stereocenters. The largest absolute Gasteiger partial charge is 0.330 e. The highest BCUT2D eigenvalue weighted by Gasteiger charge is 2.02. The SMILES string of the molecule is Cc1nc(CN)cn1Cc1ccccc1. The van der Waals surface area contributed by atoms with Crippen molar-refractivity contribution in [2.75, 3.05) is 0 Å². The minimum atomic E-state index is 0.503. The van der Waals surface area contributed by atoms with Crippen LogP contribution in [0.3, 0.4) is 0 Å². The summed E-state index contributed by atoms with van der Waals surface area (Å²) in [5, 5.41) is 0. The fraction of sp³-hybridized carbons (Fsp3) is 0.250. The Kier molecular flexibility index (Phi) is 2.83. The van der Waals surface area contributed by atoms with Crippen molar-refractivity contribution in [1.82, 2.24) is 9.55 Å². The van der Waals surface area contributed by atoms with Crippen molar-refractivity contribution < 1.29 is 0 Å². The van der Waals surface area contributed by atoms with Gasteiger partial charge in [-0.3, -0.25) is 0 Å². The van der Waals surface area contributed by atoms with E-state index >= 15 is 0 Å². The summed E-state index contributed by atoms with van der Waals surface area (Å²) in [6.45, 7) is 3.37. The summed E-state index contributed by atoms with van der Waals surface area (Å²) < 4.78 is 2.12. The molecular weight excluding hydrogens is 186 g/mol. The third-order valence-electron chi connectivity index (χ3n) is 2.43. The molecule has 78 valence electrons. The topological polar surface area (TPSA) is 43.8 Å². The first kappa shape index (κ1) is 9.93. The second-order valence-corrected chi connectivity index (χ2v) is 3.60. The van der Waals surface area contributed by atoms with E-state index in [1.165, 1.54) is 5.56 Å². The number of nitrogens with zero attached hydrogens (tertiary/aromatic N) is 2. The number of imidazole rings is 1. The minimum Gasteiger partial charge on any atom is -0.330 e. The Bertz CT molecular complexity index is 431. The van der Waals surface area contributed by atoms with Gasteiger partial charge in [-0.1, -0.05) is 30.3 Å². The average Bonchev–Trinajstić information content (AvgIpc) is 2.61. The monoisotopic (exact) mass is 201 g/mol. The van der Waals surface area contributed by atoms with Crippen LogP contribution < -0.4 is 5.73 Å². The predicted octanol–water partition coefficient (Wildman–Crippen LogP) is 1.70. The predicted molar refractivity (Wildman–Crippen MR) is 60.4 cm³/mol. The second kappa shape index (κ2) is 4.28. The molecule has 0 aliphatic heterocycles. The quantitative estimate of drug-likeness (QED) is 0.821. The van der Waals surface area contributed by atoms with Crippen molar-refractivity contribution in [1.29, 1.82) is 0 Å². The summed E-state index contributed by atoms with van der Waals surface area (Å²) in [6, 6.07) is 10.3. The molecule has 0 saturated carbocycles. The van der Waals surface area contributed by atoms with Gasteiger partial charge in [0, 0.05) is 19.3 Å². The molecule has 0 aliphatic rings. The number of nitrogens with two attached hydrogens (primary N) is 1. The van der Waals surface area contributed by atoms with Gasteiger partial charge in [0.2, 0.25) is 0 Å². The van der Waals surface area contributed by atoms with Gasteiger partial charge < -0.3 is 10.3 Å². The van der Waals surface area contributed by atoms with E-state index in [1.807, 2.05) is 31.3 Å². The van der Waals surface area contributed by atoms with Crippen molar-refractivity contribution in [3.05, 3.63) is 53.6 Å². The van der Waals surface area contributed by atoms with E-state index in [2.05, 4.69) is 21.7 Å². The molecule has 1 heterocycles. The third kappa shape index (κ3) is 2.25. The lowest BCUT2D eigenvalue weighted by molar-refractivity contribution is 0.761. The lowest BCUT2D eigenvalue weighted by Gasteiger charge is -2.04. The summed E-state index contributed by atoms with van der Waals surface area (Å²) in [7, 11) is 0. The van der Waals surface area contributed by atoms with Gasteiger partial charge in [-0.15, -0.1) is 0 Å². The van der Waals surface area contributed by atoms with Crippen LogP contribution in [0.1, 0.15) is 17.1 Å². The number of aryl methyl sites for hydroxylation is 1. The van der Waals surface area contributed by atoms with Crippen LogP contribution in [0.5, 0.6) is 0 Å². The first-order valence-corrected chi connectivity index (χ1v) is 5.06. The van der Waals surface area contributed by atoms with Crippen LogP contribution in [-0.2, 0) is 13.1 Å². The van der Waals surface area contributed by atoms with E-state index in [9.17, 15) is 0 Å². The van der Waals surface area contributed by atoms with Crippen molar-refractivity contribution >= 4 is 0 Å². The molecular formula is C12H15N3. The Morgan fingerprint density at radius 2 is 2.00 bits per heavy atom. The Balaban J connectivity index is 2.21. The summed E-state index contributed by atoms with van der Waals surface area (Å²) >= 11 is 0. The molecule has 0 atom stereocenters. The second-order valence-electron chi connectivity index (χ2n) is 3.60.